The van der Waals surface area contributed by atoms with Gasteiger partial charge in [-0.15, -0.1) is 24.0 Å². The summed E-state index contributed by atoms with van der Waals surface area (Å²) in [6.45, 7) is 2.55. The van der Waals surface area contributed by atoms with E-state index in [0.29, 0.717) is 24.0 Å². The quantitative estimate of drug-likeness (QED) is 0.440. The summed E-state index contributed by atoms with van der Waals surface area (Å²) in [7, 11) is -0.877. The molecule has 0 amide bonds. The highest BCUT2D eigenvalue weighted by Gasteiger charge is 2.10. The Morgan fingerprint density at radius 1 is 1.14 bits per heavy atom. The molecule has 4 nitrogen and oxygen atoms in total. The molecular weight excluding hydrogens is 409 g/mol. The van der Waals surface area contributed by atoms with Crippen molar-refractivity contribution in [1.29, 1.82) is 0 Å². The van der Waals surface area contributed by atoms with Gasteiger partial charge in [-0.05, 0) is 18.4 Å². The van der Waals surface area contributed by atoms with Gasteiger partial charge in [0.05, 0.1) is 6.54 Å². The molecule has 2 N–H and O–H groups in total. The molecule has 1 aliphatic heterocycles. The van der Waals surface area contributed by atoms with Crippen molar-refractivity contribution < 1.29 is 4.21 Å². The molecule has 1 saturated heterocycles. The minimum absolute atomic E-state index is 0. The van der Waals surface area contributed by atoms with Gasteiger partial charge < -0.3 is 10.6 Å². The van der Waals surface area contributed by atoms with E-state index < -0.39 is 10.8 Å². The van der Waals surface area contributed by atoms with E-state index in [9.17, 15) is 4.21 Å². The molecule has 2 rings (SSSR count). The molecular formula is C16H26IN3OS. The normalized spacial score (nSPS) is 17.5. The molecule has 1 unspecified atom stereocenters. The molecule has 124 valence electrons. The van der Waals surface area contributed by atoms with Crippen LogP contribution >= 0.6 is 24.0 Å². The zero-order chi connectivity index (χ0) is 14.9. The second kappa shape index (κ2) is 11.0. The molecule has 1 atom stereocenters. The van der Waals surface area contributed by atoms with E-state index in [1.54, 1.807) is 0 Å². The Bertz CT molecular complexity index is 474. The van der Waals surface area contributed by atoms with Crippen LogP contribution in [0.3, 0.4) is 0 Å². The lowest BCUT2D eigenvalue weighted by atomic mass is 10.2. The maximum atomic E-state index is 12.0. The summed E-state index contributed by atoms with van der Waals surface area (Å²) in [6, 6.07) is 9.93. The van der Waals surface area contributed by atoms with E-state index in [1.165, 1.54) is 25.7 Å². The van der Waals surface area contributed by atoms with Crippen molar-refractivity contribution in [3.05, 3.63) is 35.9 Å². The van der Waals surface area contributed by atoms with Crippen LogP contribution in [-0.4, -0.2) is 40.5 Å². The number of hydrogen-bond acceptors (Lipinski definition) is 2. The number of hydrogen-bond donors (Lipinski definition) is 1. The van der Waals surface area contributed by atoms with Crippen molar-refractivity contribution in [2.75, 3.05) is 25.4 Å². The smallest absolute Gasteiger partial charge is 0.191 e. The van der Waals surface area contributed by atoms with E-state index in [0.717, 1.165) is 18.7 Å². The van der Waals surface area contributed by atoms with Gasteiger partial charge in [-0.1, -0.05) is 43.2 Å². The van der Waals surface area contributed by atoms with Gasteiger partial charge in [0.1, 0.15) is 0 Å². The average Bonchev–Trinajstić information content (AvgIpc) is 2.77. The second-order valence-electron chi connectivity index (χ2n) is 5.42. The lowest BCUT2D eigenvalue weighted by Gasteiger charge is -2.21. The molecule has 1 heterocycles. The number of aliphatic imine (C=N–C) groups is 1. The van der Waals surface area contributed by atoms with Gasteiger partial charge in [0, 0.05) is 35.4 Å². The van der Waals surface area contributed by atoms with Crippen molar-refractivity contribution in [3.8, 4) is 0 Å². The lowest BCUT2D eigenvalue weighted by Crippen LogP contribution is -2.38. The number of halogens is 1. The first kappa shape index (κ1) is 19.4. The molecule has 1 fully saturated rings. The Labute approximate surface area is 153 Å². The van der Waals surface area contributed by atoms with Crippen molar-refractivity contribution >= 4 is 40.7 Å². The van der Waals surface area contributed by atoms with Gasteiger partial charge in [0.2, 0.25) is 0 Å². The summed E-state index contributed by atoms with van der Waals surface area (Å²) in [4.78, 5) is 6.56. The average molecular weight is 435 g/mol. The van der Waals surface area contributed by atoms with Crippen molar-refractivity contribution in [2.45, 2.75) is 31.4 Å². The van der Waals surface area contributed by atoms with Crippen LogP contribution < -0.4 is 5.73 Å². The third kappa shape index (κ3) is 7.09. The lowest BCUT2D eigenvalue weighted by molar-refractivity contribution is 0.429. The third-order valence-electron chi connectivity index (χ3n) is 3.69. The van der Waals surface area contributed by atoms with Crippen LogP contribution in [0.4, 0.5) is 0 Å². The van der Waals surface area contributed by atoms with Crippen molar-refractivity contribution in [1.82, 2.24) is 4.90 Å². The largest absolute Gasteiger partial charge is 0.370 e. The fourth-order valence-electron chi connectivity index (χ4n) is 2.49. The second-order valence-corrected chi connectivity index (χ2v) is 6.99. The monoisotopic (exact) mass is 435 g/mol. The highest BCUT2D eigenvalue weighted by molar-refractivity contribution is 14.0. The number of benzene rings is 1. The standard InChI is InChI=1S/C16H25N3OS.HI/c17-16(19-11-6-1-2-7-12-19)18-10-13-21(20)14-15-8-4-3-5-9-15;/h3-5,8-9H,1-2,6-7,10-14H2,(H2,17,18);1H. The first-order valence-electron chi connectivity index (χ1n) is 7.69. The maximum Gasteiger partial charge on any atom is 0.191 e. The van der Waals surface area contributed by atoms with Crippen molar-refractivity contribution in [2.24, 2.45) is 10.7 Å². The zero-order valence-corrected chi connectivity index (χ0v) is 16.1. The van der Waals surface area contributed by atoms with Crippen LogP contribution in [0.15, 0.2) is 35.3 Å². The molecule has 0 spiro atoms. The molecule has 6 heteroatoms. The zero-order valence-electron chi connectivity index (χ0n) is 12.9. The summed E-state index contributed by atoms with van der Waals surface area (Å²) in [6.07, 6.45) is 4.95. The summed E-state index contributed by atoms with van der Waals surface area (Å²) < 4.78 is 12.0. The summed E-state index contributed by atoms with van der Waals surface area (Å²) in [5.41, 5.74) is 7.15. The minimum atomic E-state index is -0.877. The molecule has 0 aliphatic carbocycles. The van der Waals surface area contributed by atoms with Gasteiger partial charge >= 0.3 is 0 Å². The predicted octanol–water partition coefficient (Wildman–Crippen LogP) is 2.74. The van der Waals surface area contributed by atoms with Crippen LogP contribution in [0, 0.1) is 0 Å². The fraction of sp³-hybridized carbons (Fsp3) is 0.562. The number of likely N-dealkylation sites (tertiary alicyclic amines) is 1. The van der Waals surface area contributed by atoms with E-state index in [4.69, 9.17) is 5.73 Å². The first-order chi connectivity index (χ1) is 10.3. The molecule has 0 aromatic heterocycles. The topological polar surface area (TPSA) is 58.7 Å². The third-order valence-corrected chi connectivity index (χ3v) is 4.99. The van der Waals surface area contributed by atoms with Gasteiger partial charge in [-0.25, -0.2) is 0 Å². The predicted molar refractivity (Wildman–Crippen MR) is 105 cm³/mol. The van der Waals surface area contributed by atoms with Gasteiger partial charge in [0.15, 0.2) is 5.96 Å². The highest BCUT2D eigenvalue weighted by atomic mass is 127. The molecule has 1 aliphatic rings. The molecule has 0 radical (unpaired) electrons. The Kier molecular flexibility index (Phi) is 9.70. The van der Waals surface area contributed by atoms with E-state index in [1.807, 2.05) is 30.3 Å². The Morgan fingerprint density at radius 3 is 2.41 bits per heavy atom. The molecule has 1 aromatic rings. The van der Waals surface area contributed by atoms with Crippen molar-refractivity contribution in [3.63, 3.8) is 0 Å². The molecule has 22 heavy (non-hydrogen) atoms. The van der Waals surface area contributed by atoms with Gasteiger partial charge in [-0.3, -0.25) is 9.20 Å². The van der Waals surface area contributed by atoms with E-state index in [2.05, 4.69) is 9.89 Å². The summed E-state index contributed by atoms with van der Waals surface area (Å²) in [5, 5.41) is 0. The maximum absolute atomic E-state index is 12.0. The fourth-order valence-corrected chi connectivity index (χ4v) is 3.50. The number of rotatable bonds is 5. The summed E-state index contributed by atoms with van der Waals surface area (Å²) in [5.74, 6) is 1.79. The first-order valence-corrected chi connectivity index (χ1v) is 9.18. The highest BCUT2D eigenvalue weighted by Crippen LogP contribution is 2.09. The Morgan fingerprint density at radius 2 is 1.77 bits per heavy atom. The van der Waals surface area contributed by atoms with Crippen LogP contribution in [0.2, 0.25) is 0 Å². The van der Waals surface area contributed by atoms with Crippen LogP contribution in [-0.2, 0) is 16.6 Å². The van der Waals surface area contributed by atoms with Gasteiger partial charge in [0.25, 0.3) is 0 Å². The molecule has 1 aromatic carbocycles. The number of nitrogens with zero attached hydrogens (tertiary/aromatic N) is 2. The Hall–Kier alpha value is -0.630. The number of nitrogens with two attached hydrogens (primary N) is 1. The van der Waals surface area contributed by atoms with Crippen LogP contribution in [0.1, 0.15) is 31.2 Å². The SMILES string of the molecule is I.NC(=NCCS(=O)Cc1ccccc1)N1CCCCCC1. The Balaban J connectivity index is 0.00000242. The number of guanidine groups is 1. The van der Waals surface area contributed by atoms with E-state index in [-0.39, 0.29) is 24.0 Å². The molecule has 0 saturated carbocycles. The van der Waals surface area contributed by atoms with E-state index >= 15 is 0 Å². The minimum Gasteiger partial charge on any atom is -0.370 e. The summed E-state index contributed by atoms with van der Waals surface area (Å²) >= 11 is 0. The molecule has 0 bridgehead atoms. The van der Waals surface area contributed by atoms with Crippen LogP contribution in [0.25, 0.3) is 0 Å². The van der Waals surface area contributed by atoms with Crippen LogP contribution in [0.5, 0.6) is 0 Å². The van der Waals surface area contributed by atoms with Gasteiger partial charge in [-0.2, -0.15) is 0 Å².